The van der Waals surface area contributed by atoms with Gasteiger partial charge in [-0.05, 0) is 26.3 Å². The highest BCUT2D eigenvalue weighted by atomic mass is 19.3. The van der Waals surface area contributed by atoms with Gasteiger partial charge in [-0.15, -0.1) is 0 Å². The summed E-state index contributed by atoms with van der Waals surface area (Å²) in [5.41, 5.74) is 2.82. The van der Waals surface area contributed by atoms with Crippen LogP contribution in [0.5, 0.6) is 5.75 Å². The highest BCUT2D eigenvalue weighted by molar-refractivity contribution is 5.59. The molecule has 1 atom stereocenters. The van der Waals surface area contributed by atoms with Crippen molar-refractivity contribution in [3.05, 3.63) is 45.3 Å². The number of nitrogens with one attached hydrogen (secondary N) is 1. The van der Waals surface area contributed by atoms with Crippen LogP contribution in [-0.4, -0.2) is 21.3 Å². The number of nitro benzene ring substituents is 1. The summed E-state index contributed by atoms with van der Waals surface area (Å²) in [7, 11) is 1.85. The first kappa shape index (κ1) is 18.6. The predicted molar refractivity (Wildman–Crippen MR) is 89.1 cm³/mol. The highest BCUT2D eigenvalue weighted by Crippen LogP contribution is 2.34. The van der Waals surface area contributed by atoms with Crippen LogP contribution in [0.15, 0.2) is 18.2 Å². The number of rotatable bonds is 7. The average Bonchev–Trinajstić information content (AvgIpc) is 2.77. The lowest BCUT2D eigenvalue weighted by Crippen LogP contribution is -2.12. The number of anilines is 1. The summed E-state index contributed by atoms with van der Waals surface area (Å²) in [4.78, 5) is 10.2. The molecule has 0 aliphatic heterocycles. The maximum atomic E-state index is 12.5. The Morgan fingerprint density at radius 3 is 2.56 bits per heavy atom. The van der Waals surface area contributed by atoms with Gasteiger partial charge in [0.05, 0.1) is 16.7 Å². The van der Waals surface area contributed by atoms with Crippen molar-refractivity contribution in [2.45, 2.75) is 39.8 Å². The molecule has 2 aromatic rings. The van der Waals surface area contributed by atoms with Crippen molar-refractivity contribution in [3.8, 4) is 5.75 Å². The molecule has 0 amide bonds. The third-order valence-corrected chi connectivity index (χ3v) is 4.04. The molecule has 1 heterocycles. The standard InChI is InChI=1S/C16H20F2N4O3/c1-5-12(15-9(2)20-21(4)10(15)3)19-11-6-7-13(22(23)24)14(8-11)25-16(17)18/h6-8,12,16,19H,5H2,1-4H3. The van der Waals surface area contributed by atoms with Crippen LogP contribution in [0.2, 0.25) is 0 Å². The lowest BCUT2D eigenvalue weighted by molar-refractivity contribution is -0.386. The van der Waals surface area contributed by atoms with Gasteiger partial charge in [0.15, 0.2) is 0 Å². The van der Waals surface area contributed by atoms with E-state index >= 15 is 0 Å². The minimum absolute atomic E-state index is 0.116. The quantitative estimate of drug-likeness (QED) is 0.598. The van der Waals surface area contributed by atoms with Crippen molar-refractivity contribution in [2.24, 2.45) is 7.05 Å². The van der Waals surface area contributed by atoms with Crippen LogP contribution >= 0.6 is 0 Å². The summed E-state index contributed by atoms with van der Waals surface area (Å²) >= 11 is 0. The number of hydrogen-bond donors (Lipinski definition) is 1. The Bertz CT molecular complexity index is 777. The summed E-state index contributed by atoms with van der Waals surface area (Å²) in [6.45, 7) is 2.68. The van der Waals surface area contributed by atoms with Crippen LogP contribution in [0.1, 0.15) is 36.3 Å². The van der Waals surface area contributed by atoms with Crippen LogP contribution in [0.3, 0.4) is 0 Å². The second-order valence-corrected chi connectivity index (χ2v) is 5.63. The van der Waals surface area contributed by atoms with Crippen molar-refractivity contribution in [1.29, 1.82) is 0 Å². The van der Waals surface area contributed by atoms with E-state index in [0.717, 1.165) is 29.4 Å². The fourth-order valence-corrected chi connectivity index (χ4v) is 2.82. The number of alkyl halides is 2. The number of halogens is 2. The van der Waals surface area contributed by atoms with E-state index in [1.807, 2.05) is 27.8 Å². The van der Waals surface area contributed by atoms with Crippen LogP contribution in [-0.2, 0) is 7.05 Å². The van der Waals surface area contributed by atoms with E-state index in [4.69, 9.17) is 0 Å². The Morgan fingerprint density at radius 1 is 1.40 bits per heavy atom. The first-order valence-corrected chi connectivity index (χ1v) is 7.74. The lowest BCUT2D eigenvalue weighted by atomic mass is 10.0. The summed E-state index contributed by atoms with van der Waals surface area (Å²) in [6.07, 6.45) is 0.718. The Kier molecular flexibility index (Phi) is 5.55. The third-order valence-electron chi connectivity index (χ3n) is 4.04. The van der Waals surface area contributed by atoms with Crippen LogP contribution < -0.4 is 10.1 Å². The van der Waals surface area contributed by atoms with Crippen molar-refractivity contribution < 1.29 is 18.4 Å². The van der Waals surface area contributed by atoms with Crippen molar-refractivity contribution >= 4 is 11.4 Å². The molecule has 2 rings (SSSR count). The number of benzene rings is 1. The van der Waals surface area contributed by atoms with Gasteiger partial charge in [0.1, 0.15) is 0 Å². The van der Waals surface area contributed by atoms with Gasteiger partial charge in [-0.3, -0.25) is 14.8 Å². The molecule has 0 aliphatic carbocycles. The molecule has 136 valence electrons. The van der Waals surface area contributed by atoms with Crippen LogP contribution in [0.25, 0.3) is 0 Å². The van der Waals surface area contributed by atoms with Crippen LogP contribution in [0, 0.1) is 24.0 Å². The number of aryl methyl sites for hydroxylation is 2. The van der Waals surface area contributed by atoms with Gasteiger partial charge >= 0.3 is 12.3 Å². The minimum Gasteiger partial charge on any atom is -0.427 e. The molecule has 0 radical (unpaired) electrons. The Morgan fingerprint density at radius 2 is 2.08 bits per heavy atom. The molecule has 0 fully saturated rings. The van der Waals surface area contributed by atoms with Crippen molar-refractivity contribution in [2.75, 3.05) is 5.32 Å². The summed E-state index contributed by atoms with van der Waals surface area (Å²) in [5, 5.41) is 18.6. The average molecular weight is 354 g/mol. The van der Waals surface area contributed by atoms with E-state index in [9.17, 15) is 18.9 Å². The second-order valence-electron chi connectivity index (χ2n) is 5.63. The zero-order valence-electron chi connectivity index (χ0n) is 14.4. The molecule has 1 aromatic heterocycles. The summed E-state index contributed by atoms with van der Waals surface area (Å²) < 4.78 is 31.1. The Labute approximate surface area is 143 Å². The molecule has 1 aromatic carbocycles. The van der Waals surface area contributed by atoms with Gasteiger partial charge in [0, 0.05) is 36.1 Å². The van der Waals surface area contributed by atoms with E-state index in [-0.39, 0.29) is 6.04 Å². The highest BCUT2D eigenvalue weighted by Gasteiger charge is 2.22. The number of nitro groups is 1. The molecule has 0 bridgehead atoms. The Hall–Kier alpha value is -2.71. The number of nitrogens with zero attached hydrogens (tertiary/aromatic N) is 3. The van der Waals surface area contributed by atoms with E-state index in [1.54, 1.807) is 4.68 Å². The molecule has 7 nitrogen and oxygen atoms in total. The maximum absolute atomic E-state index is 12.5. The van der Waals surface area contributed by atoms with Gasteiger partial charge in [-0.1, -0.05) is 6.92 Å². The van der Waals surface area contributed by atoms with Crippen molar-refractivity contribution in [3.63, 3.8) is 0 Å². The number of hydrogen-bond acceptors (Lipinski definition) is 5. The molecular formula is C16H20F2N4O3. The van der Waals surface area contributed by atoms with E-state index in [2.05, 4.69) is 15.2 Å². The molecule has 1 unspecified atom stereocenters. The molecule has 0 aliphatic rings. The predicted octanol–water partition coefficient (Wildman–Crippen LogP) is 4.11. The molecular weight excluding hydrogens is 334 g/mol. The van der Waals surface area contributed by atoms with Gasteiger partial charge < -0.3 is 10.1 Å². The van der Waals surface area contributed by atoms with Crippen LogP contribution in [0.4, 0.5) is 20.2 Å². The number of ether oxygens (including phenoxy) is 1. The fourth-order valence-electron chi connectivity index (χ4n) is 2.82. The van der Waals surface area contributed by atoms with Gasteiger partial charge in [0.2, 0.25) is 5.75 Å². The van der Waals surface area contributed by atoms with Gasteiger partial charge in [0.25, 0.3) is 0 Å². The molecule has 9 heteroatoms. The summed E-state index contributed by atoms with van der Waals surface area (Å²) in [6, 6.07) is 3.72. The molecule has 0 saturated carbocycles. The van der Waals surface area contributed by atoms with Crippen molar-refractivity contribution in [1.82, 2.24) is 9.78 Å². The molecule has 0 saturated heterocycles. The van der Waals surface area contributed by atoms with E-state index < -0.39 is 23.0 Å². The maximum Gasteiger partial charge on any atom is 0.387 e. The van der Waals surface area contributed by atoms with Gasteiger partial charge in [-0.25, -0.2) is 0 Å². The molecule has 0 spiro atoms. The second kappa shape index (κ2) is 7.45. The largest absolute Gasteiger partial charge is 0.427 e. The SMILES string of the molecule is CCC(Nc1ccc([N+](=O)[O-])c(OC(F)F)c1)c1c(C)nn(C)c1C. The molecule has 25 heavy (non-hydrogen) atoms. The first-order valence-electron chi connectivity index (χ1n) is 7.74. The zero-order chi connectivity index (χ0) is 18.7. The Balaban J connectivity index is 2.36. The topological polar surface area (TPSA) is 82.2 Å². The van der Waals surface area contributed by atoms with E-state index in [0.29, 0.717) is 5.69 Å². The molecule has 1 N–H and O–H groups in total. The number of aromatic nitrogens is 2. The normalized spacial score (nSPS) is 12.3. The summed E-state index contributed by atoms with van der Waals surface area (Å²) in [5.74, 6) is -0.473. The lowest BCUT2D eigenvalue weighted by Gasteiger charge is -2.20. The monoisotopic (exact) mass is 354 g/mol. The zero-order valence-corrected chi connectivity index (χ0v) is 14.4. The van der Waals surface area contributed by atoms with Gasteiger partial charge in [-0.2, -0.15) is 13.9 Å². The first-order chi connectivity index (χ1) is 11.7. The third kappa shape index (κ3) is 4.04. The fraction of sp³-hybridized carbons (Fsp3) is 0.438. The smallest absolute Gasteiger partial charge is 0.387 e. The van der Waals surface area contributed by atoms with E-state index in [1.165, 1.54) is 12.1 Å². The minimum atomic E-state index is -3.14.